The van der Waals surface area contributed by atoms with Crippen molar-refractivity contribution in [3.05, 3.63) is 33.9 Å². The highest BCUT2D eigenvalue weighted by atomic mass is 32.2. The maximum Gasteiger partial charge on any atom is 0.338 e. The lowest BCUT2D eigenvalue weighted by Crippen LogP contribution is -2.44. The third kappa shape index (κ3) is 5.25. The number of nitro benzene ring substituents is 1. The van der Waals surface area contributed by atoms with Gasteiger partial charge < -0.3 is 9.64 Å². The normalized spacial score (nSPS) is 20.2. The fraction of sp³-hybridized carbons (Fsp3) is 0.529. The third-order valence-corrected chi connectivity index (χ3v) is 5.48. The summed E-state index contributed by atoms with van der Waals surface area (Å²) in [6, 6.07) is 2.95. The van der Waals surface area contributed by atoms with Gasteiger partial charge in [-0.3, -0.25) is 14.9 Å². The van der Waals surface area contributed by atoms with Crippen LogP contribution in [0.15, 0.2) is 23.1 Å². The zero-order chi connectivity index (χ0) is 20.4. The molecule has 2 rings (SSSR count). The van der Waals surface area contributed by atoms with Gasteiger partial charge in [-0.05, 0) is 30.4 Å². The lowest BCUT2D eigenvalue weighted by Gasteiger charge is -2.34. The zero-order valence-electron chi connectivity index (χ0n) is 15.4. The van der Waals surface area contributed by atoms with E-state index in [-0.39, 0.29) is 11.5 Å². The Balaban J connectivity index is 2.09. The van der Waals surface area contributed by atoms with E-state index >= 15 is 0 Å². The lowest BCUT2D eigenvalue weighted by molar-refractivity contribution is -0.387. The number of amides is 1. The molecule has 1 heterocycles. The molecular weight excluding hydrogens is 376 g/mol. The van der Waals surface area contributed by atoms with Gasteiger partial charge in [0.1, 0.15) is 4.90 Å². The van der Waals surface area contributed by atoms with Gasteiger partial charge in [0.05, 0.1) is 10.5 Å². The summed E-state index contributed by atoms with van der Waals surface area (Å²) in [5.41, 5.74) is -0.903. The molecule has 1 aromatic rings. The molecule has 1 saturated heterocycles. The molecule has 0 N–H and O–H groups in total. The fourth-order valence-corrected chi connectivity index (χ4v) is 4.10. The number of likely N-dealkylation sites (tertiary alicyclic amines) is 1. The van der Waals surface area contributed by atoms with Gasteiger partial charge in [-0.2, -0.15) is 0 Å². The summed E-state index contributed by atoms with van der Waals surface area (Å²) in [5.74, 6) is -0.534. The molecule has 9 nitrogen and oxygen atoms in total. The van der Waals surface area contributed by atoms with Crippen LogP contribution in [0.5, 0.6) is 0 Å². The molecule has 1 aliphatic rings. The summed E-state index contributed by atoms with van der Waals surface area (Å²) in [4.78, 5) is 35.8. The Morgan fingerprint density at radius 2 is 1.85 bits per heavy atom. The number of carbonyl (C=O) groups is 2. The molecule has 0 aromatic heterocycles. The predicted molar refractivity (Wildman–Crippen MR) is 96.0 cm³/mol. The summed E-state index contributed by atoms with van der Waals surface area (Å²) < 4.78 is 28.2. The van der Waals surface area contributed by atoms with Crippen LogP contribution in [0, 0.1) is 22.0 Å². The van der Waals surface area contributed by atoms with E-state index in [1.165, 1.54) is 0 Å². The van der Waals surface area contributed by atoms with Crippen LogP contribution < -0.4 is 0 Å². The first-order valence-corrected chi connectivity index (χ1v) is 10.3. The van der Waals surface area contributed by atoms with Crippen LogP contribution >= 0.6 is 0 Å². The Labute approximate surface area is 157 Å². The second-order valence-corrected chi connectivity index (χ2v) is 9.02. The topological polar surface area (TPSA) is 124 Å². The van der Waals surface area contributed by atoms with Crippen molar-refractivity contribution >= 4 is 27.4 Å². The molecule has 0 saturated carbocycles. The number of rotatable bonds is 5. The molecule has 0 radical (unpaired) electrons. The van der Waals surface area contributed by atoms with Gasteiger partial charge in [-0.25, -0.2) is 13.2 Å². The number of benzene rings is 1. The van der Waals surface area contributed by atoms with Crippen molar-refractivity contribution in [2.24, 2.45) is 11.8 Å². The number of piperidine rings is 1. The molecule has 0 unspecified atom stereocenters. The quantitative estimate of drug-likeness (QED) is 0.420. The summed E-state index contributed by atoms with van der Waals surface area (Å²) in [6.45, 7) is 4.80. The standard InChI is InChI=1S/C17H22N2O7S/c1-11-6-12(2)9-18(8-11)16(20)10-26-17(21)13-4-5-15(27(3,24)25)14(7-13)19(22)23/h4-5,7,11-12H,6,8-10H2,1-3H3/t11-,12+. The first-order chi connectivity index (χ1) is 12.5. The first kappa shape index (κ1) is 20.8. The maximum absolute atomic E-state index is 12.2. The minimum absolute atomic E-state index is 0.192. The van der Waals surface area contributed by atoms with Crippen LogP contribution in [0.3, 0.4) is 0 Å². The van der Waals surface area contributed by atoms with Crippen molar-refractivity contribution in [2.75, 3.05) is 26.0 Å². The number of carbonyl (C=O) groups excluding carboxylic acids is 2. The van der Waals surface area contributed by atoms with Gasteiger partial charge in [0, 0.05) is 25.4 Å². The lowest BCUT2D eigenvalue weighted by atomic mass is 9.92. The molecular formula is C17H22N2O7S. The fourth-order valence-electron chi connectivity index (χ4n) is 3.27. The van der Waals surface area contributed by atoms with E-state index in [0.717, 1.165) is 30.9 Å². The van der Waals surface area contributed by atoms with Crippen molar-refractivity contribution < 1.29 is 27.7 Å². The van der Waals surface area contributed by atoms with Gasteiger partial charge >= 0.3 is 5.97 Å². The van der Waals surface area contributed by atoms with E-state index in [1.807, 2.05) is 13.8 Å². The number of nitrogens with zero attached hydrogens (tertiary/aromatic N) is 2. The predicted octanol–water partition coefficient (Wildman–Crippen LogP) is 1.66. The average Bonchev–Trinajstić information content (AvgIpc) is 2.57. The number of hydrogen-bond donors (Lipinski definition) is 0. The Bertz CT molecular complexity index is 856. The minimum Gasteiger partial charge on any atom is -0.452 e. The van der Waals surface area contributed by atoms with Gasteiger partial charge in [0.25, 0.3) is 11.6 Å². The SMILES string of the molecule is C[C@@H]1C[C@H](C)CN(C(=O)COC(=O)c2ccc(S(C)(=O)=O)c([N+](=O)[O-])c2)C1. The van der Waals surface area contributed by atoms with Crippen LogP contribution in [0.4, 0.5) is 5.69 Å². The molecule has 0 aliphatic carbocycles. The number of ether oxygens (including phenoxy) is 1. The van der Waals surface area contributed by atoms with Crippen LogP contribution in [0.25, 0.3) is 0 Å². The van der Waals surface area contributed by atoms with Crippen LogP contribution in [0.1, 0.15) is 30.6 Å². The van der Waals surface area contributed by atoms with E-state index in [4.69, 9.17) is 4.74 Å². The first-order valence-electron chi connectivity index (χ1n) is 8.42. The van der Waals surface area contributed by atoms with E-state index in [9.17, 15) is 28.1 Å². The Morgan fingerprint density at radius 1 is 1.26 bits per heavy atom. The van der Waals surface area contributed by atoms with Crippen molar-refractivity contribution in [3.8, 4) is 0 Å². The smallest absolute Gasteiger partial charge is 0.338 e. The highest BCUT2D eigenvalue weighted by Gasteiger charge is 2.27. The summed E-state index contributed by atoms with van der Waals surface area (Å²) in [7, 11) is -3.83. The number of hydrogen-bond acceptors (Lipinski definition) is 7. The molecule has 1 aromatic carbocycles. The van der Waals surface area contributed by atoms with Crippen molar-refractivity contribution in [3.63, 3.8) is 0 Å². The highest BCUT2D eigenvalue weighted by Crippen LogP contribution is 2.25. The third-order valence-electron chi connectivity index (χ3n) is 4.34. The maximum atomic E-state index is 12.2. The molecule has 1 aliphatic heterocycles. The summed E-state index contributed by atoms with van der Waals surface area (Å²) in [5, 5.41) is 11.1. The number of nitro groups is 1. The van der Waals surface area contributed by atoms with Crippen LogP contribution in [-0.4, -0.2) is 56.1 Å². The van der Waals surface area contributed by atoms with Gasteiger partial charge in [0.15, 0.2) is 16.4 Å². The highest BCUT2D eigenvalue weighted by molar-refractivity contribution is 7.90. The number of esters is 1. The van der Waals surface area contributed by atoms with E-state index < -0.39 is 37.9 Å². The average molecular weight is 398 g/mol. The molecule has 0 bridgehead atoms. The Kier molecular flexibility index (Phi) is 6.19. The zero-order valence-corrected chi connectivity index (χ0v) is 16.2. The second-order valence-electron chi connectivity index (χ2n) is 7.03. The molecule has 1 amide bonds. The van der Waals surface area contributed by atoms with E-state index in [1.54, 1.807) is 4.90 Å². The van der Waals surface area contributed by atoms with Crippen molar-refractivity contribution in [1.29, 1.82) is 0 Å². The Hall–Kier alpha value is -2.49. The second kappa shape index (κ2) is 8.03. The largest absolute Gasteiger partial charge is 0.452 e. The molecule has 148 valence electrons. The summed E-state index contributed by atoms with van der Waals surface area (Å²) >= 11 is 0. The van der Waals surface area contributed by atoms with Gasteiger partial charge in [-0.1, -0.05) is 13.8 Å². The van der Waals surface area contributed by atoms with Crippen molar-refractivity contribution in [2.45, 2.75) is 25.2 Å². The summed E-state index contributed by atoms with van der Waals surface area (Å²) in [6.07, 6.45) is 1.87. The van der Waals surface area contributed by atoms with Crippen molar-refractivity contribution in [1.82, 2.24) is 4.90 Å². The monoisotopic (exact) mass is 398 g/mol. The Morgan fingerprint density at radius 3 is 2.37 bits per heavy atom. The molecule has 27 heavy (non-hydrogen) atoms. The molecule has 10 heteroatoms. The van der Waals surface area contributed by atoms with Crippen LogP contribution in [-0.2, 0) is 19.4 Å². The van der Waals surface area contributed by atoms with Gasteiger partial charge in [-0.15, -0.1) is 0 Å². The molecule has 0 spiro atoms. The van der Waals surface area contributed by atoms with Crippen LogP contribution in [0.2, 0.25) is 0 Å². The minimum atomic E-state index is -3.83. The molecule has 2 atom stereocenters. The van der Waals surface area contributed by atoms with Gasteiger partial charge in [0.2, 0.25) is 0 Å². The number of sulfone groups is 1. The van der Waals surface area contributed by atoms with E-state index in [0.29, 0.717) is 24.9 Å². The molecule has 1 fully saturated rings. The van der Waals surface area contributed by atoms with E-state index in [2.05, 4.69) is 0 Å².